The lowest BCUT2D eigenvalue weighted by molar-refractivity contribution is 0.607. The molecule has 0 aromatic rings. The van der Waals surface area contributed by atoms with Gasteiger partial charge in [0.2, 0.25) is 5.96 Å². The highest BCUT2D eigenvalue weighted by molar-refractivity contribution is 7.99. The first-order chi connectivity index (χ1) is 7.36. The number of rotatable bonds is 5. The van der Waals surface area contributed by atoms with Crippen LogP contribution >= 0.6 is 11.8 Å². The number of nitrogens with one attached hydrogen (secondary N) is 2. The van der Waals surface area contributed by atoms with Crippen LogP contribution < -0.4 is 16.6 Å². The fourth-order valence-corrected chi connectivity index (χ4v) is 2.76. The molecule has 0 spiro atoms. The van der Waals surface area contributed by atoms with Crippen LogP contribution in [0.15, 0.2) is 4.99 Å². The third kappa shape index (κ3) is 5.28. The number of hydrazine groups is 1. The van der Waals surface area contributed by atoms with E-state index in [1.807, 2.05) is 11.8 Å². The van der Waals surface area contributed by atoms with Gasteiger partial charge in [-0.05, 0) is 30.3 Å². The summed E-state index contributed by atoms with van der Waals surface area (Å²) >= 11 is 2.02. The molecule has 4 N–H and O–H groups in total. The Morgan fingerprint density at radius 1 is 1.60 bits per heavy atom. The van der Waals surface area contributed by atoms with Gasteiger partial charge in [-0.25, -0.2) is 5.84 Å². The van der Waals surface area contributed by atoms with Gasteiger partial charge in [0, 0.05) is 13.1 Å². The number of nitrogens with zero attached hydrogens (tertiary/aromatic N) is 1. The van der Waals surface area contributed by atoms with E-state index in [-0.39, 0.29) is 0 Å². The van der Waals surface area contributed by atoms with Crippen molar-refractivity contribution in [1.82, 2.24) is 10.7 Å². The number of thioether (sulfide) groups is 1. The van der Waals surface area contributed by atoms with Crippen molar-refractivity contribution >= 4 is 17.7 Å². The Labute approximate surface area is 96.4 Å². The standard InChI is InChI=1S/C10H22N4S/c1-2-3-5-12-10(14-11)13-7-9-4-6-15-8-9/h9H,2-8,11H2,1H3,(H2,12,13,14). The molecular weight excluding hydrogens is 208 g/mol. The molecule has 4 nitrogen and oxygen atoms in total. The molecule has 1 atom stereocenters. The van der Waals surface area contributed by atoms with E-state index >= 15 is 0 Å². The van der Waals surface area contributed by atoms with Gasteiger partial charge in [-0.15, -0.1) is 0 Å². The summed E-state index contributed by atoms with van der Waals surface area (Å²) in [5.74, 6) is 9.40. The molecule has 0 bridgehead atoms. The van der Waals surface area contributed by atoms with E-state index in [9.17, 15) is 0 Å². The fourth-order valence-electron chi connectivity index (χ4n) is 1.48. The molecular formula is C10H22N4S. The molecule has 1 aliphatic heterocycles. The van der Waals surface area contributed by atoms with E-state index in [4.69, 9.17) is 5.84 Å². The molecule has 15 heavy (non-hydrogen) atoms. The van der Waals surface area contributed by atoms with E-state index in [2.05, 4.69) is 22.7 Å². The molecule has 1 saturated heterocycles. The molecule has 5 heteroatoms. The lowest BCUT2D eigenvalue weighted by Crippen LogP contribution is -2.42. The van der Waals surface area contributed by atoms with Gasteiger partial charge in [-0.1, -0.05) is 13.3 Å². The molecule has 1 aliphatic rings. The molecule has 88 valence electrons. The van der Waals surface area contributed by atoms with Crippen molar-refractivity contribution < 1.29 is 0 Å². The molecule has 1 rings (SSSR count). The van der Waals surface area contributed by atoms with Crippen LogP contribution in [0, 0.1) is 5.92 Å². The first-order valence-electron chi connectivity index (χ1n) is 5.69. The Morgan fingerprint density at radius 2 is 2.47 bits per heavy atom. The smallest absolute Gasteiger partial charge is 0.205 e. The molecule has 0 radical (unpaired) electrons. The summed E-state index contributed by atoms with van der Waals surface area (Å²) in [5, 5.41) is 3.20. The molecule has 1 fully saturated rings. The zero-order valence-electron chi connectivity index (χ0n) is 9.46. The van der Waals surface area contributed by atoms with Crippen LogP contribution in [0.1, 0.15) is 26.2 Å². The third-order valence-electron chi connectivity index (χ3n) is 2.49. The first kappa shape index (κ1) is 12.6. The Bertz CT molecular complexity index is 190. The van der Waals surface area contributed by atoms with Crippen LogP contribution in [-0.4, -0.2) is 30.6 Å². The highest BCUT2D eigenvalue weighted by Gasteiger charge is 2.14. The minimum Gasteiger partial charge on any atom is -0.355 e. The highest BCUT2D eigenvalue weighted by atomic mass is 32.2. The normalized spacial score (nSPS) is 21.7. The lowest BCUT2D eigenvalue weighted by Gasteiger charge is -2.10. The van der Waals surface area contributed by atoms with E-state index < -0.39 is 0 Å². The van der Waals surface area contributed by atoms with Gasteiger partial charge in [-0.3, -0.25) is 10.4 Å². The van der Waals surface area contributed by atoms with Gasteiger partial charge < -0.3 is 5.32 Å². The number of hydrogen-bond acceptors (Lipinski definition) is 3. The molecule has 0 aliphatic carbocycles. The van der Waals surface area contributed by atoms with Crippen molar-refractivity contribution in [2.24, 2.45) is 16.8 Å². The predicted octanol–water partition coefficient (Wildman–Crippen LogP) is 0.948. The van der Waals surface area contributed by atoms with Gasteiger partial charge in [0.1, 0.15) is 0 Å². The second-order valence-electron chi connectivity index (χ2n) is 3.84. The van der Waals surface area contributed by atoms with Gasteiger partial charge in [0.15, 0.2) is 0 Å². The third-order valence-corrected chi connectivity index (χ3v) is 3.72. The number of nitrogens with two attached hydrogens (primary N) is 1. The Balaban J connectivity index is 2.19. The number of aliphatic imine (C=N–C) groups is 1. The average Bonchev–Trinajstić information content (AvgIpc) is 2.76. The van der Waals surface area contributed by atoms with Crippen molar-refractivity contribution in [1.29, 1.82) is 0 Å². The Morgan fingerprint density at radius 3 is 3.07 bits per heavy atom. The average molecular weight is 230 g/mol. The minimum absolute atomic E-state index is 0.736. The van der Waals surface area contributed by atoms with Gasteiger partial charge in [-0.2, -0.15) is 11.8 Å². The number of hydrogen-bond donors (Lipinski definition) is 3. The molecule has 0 aromatic carbocycles. The fraction of sp³-hybridized carbons (Fsp3) is 0.900. The van der Waals surface area contributed by atoms with E-state index in [0.29, 0.717) is 0 Å². The summed E-state index contributed by atoms with van der Waals surface area (Å²) in [6, 6.07) is 0. The van der Waals surface area contributed by atoms with Crippen LogP contribution in [-0.2, 0) is 0 Å². The van der Waals surface area contributed by atoms with Gasteiger partial charge >= 0.3 is 0 Å². The molecule has 1 heterocycles. The van der Waals surface area contributed by atoms with Crippen LogP contribution in [0.2, 0.25) is 0 Å². The van der Waals surface area contributed by atoms with Crippen LogP contribution in [0.4, 0.5) is 0 Å². The summed E-state index contributed by atoms with van der Waals surface area (Å²) in [7, 11) is 0. The second-order valence-corrected chi connectivity index (χ2v) is 4.99. The van der Waals surface area contributed by atoms with Crippen LogP contribution in [0.25, 0.3) is 0 Å². The second kappa shape index (κ2) is 7.82. The molecule has 0 aromatic heterocycles. The summed E-state index contributed by atoms with van der Waals surface area (Å²) in [4.78, 5) is 4.45. The van der Waals surface area contributed by atoms with Crippen molar-refractivity contribution in [3.05, 3.63) is 0 Å². The summed E-state index contributed by atoms with van der Waals surface area (Å²) < 4.78 is 0. The summed E-state index contributed by atoms with van der Waals surface area (Å²) in [6.07, 6.45) is 3.63. The SMILES string of the molecule is CCCCNC(=NCC1CCSC1)NN. The monoisotopic (exact) mass is 230 g/mol. The van der Waals surface area contributed by atoms with Gasteiger partial charge in [0.25, 0.3) is 0 Å². The van der Waals surface area contributed by atoms with Gasteiger partial charge in [0.05, 0.1) is 0 Å². The molecule has 0 saturated carbocycles. The van der Waals surface area contributed by atoms with Crippen LogP contribution in [0.3, 0.4) is 0 Å². The maximum Gasteiger partial charge on any atom is 0.205 e. The lowest BCUT2D eigenvalue weighted by atomic mass is 10.1. The summed E-state index contributed by atoms with van der Waals surface area (Å²) in [5.41, 5.74) is 2.62. The maximum atomic E-state index is 5.39. The minimum atomic E-state index is 0.736. The largest absolute Gasteiger partial charge is 0.355 e. The van der Waals surface area contributed by atoms with Crippen molar-refractivity contribution in [3.63, 3.8) is 0 Å². The first-order valence-corrected chi connectivity index (χ1v) is 6.85. The van der Waals surface area contributed by atoms with Crippen molar-refractivity contribution in [3.8, 4) is 0 Å². The Kier molecular flexibility index (Phi) is 6.59. The highest BCUT2D eigenvalue weighted by Crippen LogP contribution is 2.23. The predicted molar refractivity (Wildman–Crippen MR) is 68.0 cm³/mol. The summed E-state index contributed by atoms with van der Waals surface area (Å²) in [6.45, 7) is 4.01. The van der Waals surface area contributed by atoms with E-state index in [1.54, 1.807) is 0 Å². The van der Waals surface area contributed by atoms with Crippen molar-refractivity contribution in [2.45, 2.75) is 26.2 Å². The van der Waals surface area contributed by atoms with Crippen LogP contribution in [0.5, 0.6) is 0 Å². The van der Waals surface area contributed by atoms with Crippen molar-refractivity contribution in [2.75, 3.05) is 24.6 Å². The number of unbranched alkanes of at least 4 members (excludes halogenated alkanes) is 1. The molecule has 0 amide bonds. The zero-order chi connectivity index (χ0) is 10.9. The zero-order valence-corrected chi connectivity index (χ0v) is 10.3. The maximum absolute atomic E-state index is 5.39. The topological polar surface area (TPSA) is 62.4 Å². The van der Waals surface area contributed by atoms with E-state index in [1.165, 1.54) is 24.3 Å². The quantitative estimate of drug-likeness (QED) is 0.216. The number of guanidine groups is 1. The molecule has 1 unspecified atom stereocenters. The van der Waals surface area contributed by atoms with E-state index in [0.717, 1.165) is 31.4 Å². The Hall–Kier alpha value is -0.420.